The largest absolute Gasteiger partial charge is 0.466 e. The van der Waals surface area contributed by atoms with Crippen LogP contribution in [0.5, 0.6) is 0 Å². The zero-order chi connectivity index (χ0) is 32.3. The molecular formula is C40H50N2O3. The SMILES string of the molecule is CCOC(=O)CCCc1cc(CC)n(C(=O)c2ccc(NC(c3ccc(CC(C)C)cc3)c3ccc(CC(C)C)cc3)cc2)c1. The lowest BCUT2D eigenvalue weighted by molar-refractivity contribution is -0.143. The number of carbonyl (C=O) groups is 2. The van der Waals surface area contributed by atoms with Crippen molar-refractivity contribution in [2.75, 3.05) is 11.9 Å². The number of aryl methyl sites for hydroxylation is 2. The molecule has 0 radical (unpaired) electrons. The molecule has 0 aliphatic heterocycles. The molecule has 238 valence electrons. The Morgan fingerprint density at radius 1 is 0.756 bits per heavy atom. The van der Waals surface area contributed by atoms with Crippen LogP contribution >= 0.6 is 0 Å². The number of carbonyl (C=O) groups excluding carboxylic acids is 2. The molecule has 5 heteroatoms. The van der Waals surface area contributed by atoms with Crippen LogP contribution in [0.1, 0.15) is 104 Å². The molecule has 0 atom stereocenters. The minimum absolute atomic E-state index is 0.0268. The number of aromatic nitrogens is 1. The topological polar surface area (TPSA) is 60.3 Å². The van der Waals surface area contributed by atoms with Crippen molar-refractivity contribution in [1.82, 2.24) is 4.57 Å². The number of hydrogen-bond acceptors (Lipinski definition) is 4. The molecule has 0 bridgehead atoms. The van der Waals surface area contributed by atoms with Crippen LogP contribution in [0, 0.1) is 11.8 Å². The van der Waals surface area contributed by atoms with Crippen LogP contribution in [0.15, 0.2) is 85.1 Å². The third-order valence-electron chi connectivity index (χ3n) is 8.05. The summed E-state index contributed by atoms with van der Waals surface area (Å²) in [7, 11) is 0. The van der Waals surface area contributed by atoms with E-state index in [0.717, 1.165) is 42.6 Å². The molecule has 1 heterocycles. The average Bonchev–Trinajstić information content (AvgIpc) is 3.43. The summed E-state index contributed by atoms with van der Waals surface area (Å²) in [6.45, 7) is 13.3. The highest BCUT2D eigenvalue weighted by Gasteiger charge is 2.17. The predicted octanol–water partition coefficient (Wildman–Crippen LogP) is 9.22. The minimum atomic E-state index is -0.175. The number of esters is 1. The number of benzene rings is 3. The summed E-state index contributed by atoms with van der Waals surface area (Å²) in [6.07, 6.45) is 6.60. The van der Waals surface area contributed by atoms with Gasteiger partial charge in [-0.3, -0.25) is 14.2 Å². The van der Waals surface area contributed by atoms with Crippen LogP contribution in [0.3, 0.4) is 0 Å². The van der Waals surface area contributed by atoms with Crippen molar-refractivity contribution in [2.24, 2.45) is 11.8 Å². The second-order valence-electron chi connectivity index (χ2n) is 12.9. The first-order valence-corrected chi connectivity index (χ1v) is 16.6. The van der Waals surface area contributed by atoms with Crippen molar-refractivity contribution in [3.8, 4) is 0 Å². The molecule has 4 rings (SSSR count). The monoisotopic (exact) mass is 606 g/mol. The van der Waals surface area contributed by atoms with Gasteiger partial charge in [0, 0.05) is 29.6 Å². The summed E-state index contributed by atoms with van der Waals surface area (Å²) in [4.78, 5) is 25.3. The highest BCUT2D eigenvalue weighted by molar-refractivity contribution is 5.97. The van der Waals surface area contributed by atoms with Gasteiger partial charge in [0.2, 0.25) is 0 Å². The molecule has 1 N–H and O–H groups in total. The van der Waals surface area contributed by atoms with Crippen molar-refractivity contribution in [2.45, 2.75) is 86.1 Å². The van der Waals surface area contributed by atoms with Crippen molar-refractivity contribution < 1.29 is 14.3 Å². The smallest absolute Gasteiger partial charge is 0.305 e. The van der Waals surface area contributed by atoms with E-state index in [9.17, 15) is 9.59 Å². The Hall–Kier alpha value is -4.12. The van der Waals surface area contributed by atoms with E-state index in [-0.39, 0.29) is 17.9 Å². The molecule has 0 spiro atoms. The quantitative estimate of drug-likeness (QED) is 0.137. The Balaban J connectivity index is 1.52. The second-order valence-corrected chi connectivity index (χ2v) is 12.9. The van der Waals surface area contributed by atoms with Crippen molar-refractivity contribution in [3.63, 3.8) is 0 Å². The number of rotatable bonds is 15. The van der Waals surface area contributed by atoms with Gasteiger partial charge in [-0.05, 0) is 109 Å². The molecule has 0 unspecified atom stereocenters. The molecule has 0 aliphatic carbocycles. The van der Waals surface area contributed by atoms with E-state index in [4.69, 9.17) is 4.74 Å². The number of anilines is 1. The van der Waals surface area contributed by atoms with Crippen molar-refractivity contribution in [1.29, 1.82) is 0 Å². The number of nitrogens with zero attached hydrogens (tertiary/aromatic N) is 1. The van der Waals surface area contributed by atoms with E-state index in [0.29, 0.717) is 36.8 Å². The van der Waals surface area contributed by atoms with E-state index in [1.807, 2.05) is 37.4 Å². The Kier molecular flexibility index (Phi) is 12.2. The molecule has 5 nitrogen and oxygen atoms in total. The molecule has 0 fully saturated rings. The van der Waals surface area contributed by atoms with Gasteiger partial charge in [0.1, 0.15) is 0 Å². The van der Waals surface area contributed by atoms with Crippen LogP contribution < -0.4 is 5.32 Å². The maximum absolute atomic E-state index is 13.6. The van der Waals surface area contributed by atoms with Crippen molar-refractivity contribution >= 4 is 17.6 Å². The van der Waals surface area contributed by atoms with Gasteiger partial charge in [0.25, 0.3) is 5.91 Å². The Labute approximate surface area is 270 Å². The lowest BCUT2D eigenvalue weighted by Crippen LogP contribution is -2.15. The Bertz CT molecular complexity index is 1460. The normalized spacial score (nSPS) is 11.4. The zero-order valence-corrected chi connectivity index (χ0v) is 27.9. The second kappa shape index (κ2) is 16.3. The fraction of sp³-hybridized carbons (Fsp3) is 0.400. The van der Waals surface area contributed by atoms with Gasteiger partial charge < -0.3 is 10.1 Å². The summed E-state index contributed by atoms with van der Waals surface area (Å²) in [5.74, 6) is 1.00. The molecule has 0 saturated heterocycles. The molecule has 3 aromatic carbocycles. The maximum Gasteiger partial charge on any atom is 0.305 e. The number of nitrogens with one attached hydrogen (secondary N) is 1. The van der Waals surface area contributed by atoms with E-state index in [2.05, 4.69) is 94.5 Å². The predicted molar refractivity (Wildman–Crippen MR) is 185 cm³/mol. The molecular weight excluding hydrogens is 556 g/mol. The zero-order valence-electron chi connectivity index (χ0n) is 27.9. The summed E-state index contributed by atoms with van der Waals surface area (Å²) in [5.41, 5.74) is 8.72. The lowest BCUT2D eigenvalue weighted by atomic mass is 9.93. The van der Waals surface area contributed by atoms with Gasteiger partial charge in [-0.25, -0.2) is 0 Å². The van der Waals surface area contributed by atoms with Gasteiger partial charge in [-0.2, -0.15) is 0 Å². The number of ether oxygens (including phenoxy) is 1. The van der Waals surface area contributed by atoms with E-state index < -0.39 is 0 Å². The molecule has 45 heavy (non-hydrogen) atoms. The molecule has 4 aromatic rings. The fourth-order valence-electron chi connectivity index (χ4n) is 5.85. The van der Waals surface area contributed by atoms with Gasteiger partial charge in [-0.15, -0.1) is 0 Å². The van der Waals surface area contributed by atoms with Crippen LogP contribution in [0.25, 0.3) is 0 Å². The number of hydrogen-bond donors (Lipinski definition) is 1. The van der Waals surface area contributed by atoms with Gasteiger partial charge in [-0.1, -0.05) is 83.1 Å². The molecule has 0 saturated carbocycles. The lowest BCUT2D eigenvalue weighted by Gasteiger charge is -2.22. The molecule has 1 aromatic heterocycles. The summed E-state index contributed by atoms with van der Waals surface area (Å²) in [5, 5.41) is 3.75. The summed E-state index contributed by atoms with van der Waals surface area (Å²) < 4.78 is 6.79. The third kappa shape index (κ3) is 9.68. The first-order chi connectivity index (χ1) is 21.7. The van der Waals surface area contributed by atoms with Crippen molar-refractivity contribution in [3.05, 3.63) is 124 Å². The standard InChI is InChI=1S/C40H50N2O3/c1-7-37-26-32(10-9-11-38(43)45-8-2)27-42(37)40(44)35-20-22-36(23-21-35)41-39(33-16-12-30(13-17-33)24-28(3)4)34-18-14-31(15-19-34)25-29(5)6/h12-23,26-29,39,41H,7-11,24-25H2,1-6H3. The van der Waals surface area contributed by atoms with E-state index in [1.165, 1.54) is 22.3 Å². The Morgan fingerprint density at radius 3 is 1.80 bits per heavy atom. The van der Waals surface area contributed by atoms with Crippen LogP contribution in [-0.2, 0) is 35.2 Å². The highest BCUT2D eigenvalue weighted by Crippen LogP contribution is 2.29. The fourth-order valence-corrected chi connectivity index (χ4v) is 5.85. The van der Waals surface area contributed by atoms with Crippen LogP contribution in [0.4, 0.5) is 5.69 Å². The van der Waals surface area contributed by atoms with Gasteiger partial charge in [0.15, 0.2) is 0 Å². The molecule has 0 amide bonds. The minimum Gasteiger partial charge on any atom is -0.466 e. The molecule has 0 aliphatic rings. The van der Waals surface area contributed by atoms with E-state index in [1.54, 1.807) is 4.57 Å². The van der Waals surface area contributed by atoms with Gasteiger partial charge >= 0.3 is 5.97 Å². The van der Waals surface area contributed by atoms with E-state index >= 15 is 0 Å². The highest BCUT2D eigenvalue weighted by atomic mass is 16.5. The third-order valence-corrected chi connectivity index (χ3v) is 8.05. The Morgan fingerprint density at radius 2 is 1.31 bits per heavy atom. The first kappa shape index (κ1) is 33.8. The van der Waals surface area contributed by atoms with Gasteiger partial charge in [0.05, 0.1) is 12.6 Å². The average molecular weight is 607 g/mol. The summed E-state index contributed by atoms with van der Waals surface area (Å²) >= 11 is 0. The maximum atomic E-state index is 13.6. The summed E-state index contributed by atoms with van der Waals surface area (Å²) in [6, 6.07) is 27.7. The first-order valence-electron chi connectivity index (χ1n) is 16.6. The van der Waals surface area contributed by atoms with Crippen LogP contribution in [0.2, 0.25) is 0 Å². The van der Waals surface area contributed by atoms with Crippen LogP contribution in [-0.4, -0.2) is 23.1 Å².